The minimum absolute atomic E-state index is 0.0271. The molecule has 0 spiro atoms. The van der Waals surface area contributed by atoms with Crippen molar-refractivity contribution in [3.8, 4) is 0 Å². The summed E-state index contributed by atoms with van der Waals surface area (Å²) in [5, 5.41) is 0. The average Bonchev–Trinajstić information content (AvgIpc) is 2.61. The molecule has 0 saturated heterocycles. The number of amides is 2. The summed E-state index contributed by atoms with van der Waals surface area (Å²) in [5.74, 6) is -0.697. The Balaban J connectivity index is 2.30. The van der Waals surface area contributed by atoms with Gasteiger partial charge >= 0.3 is 0 Å². The fourth-order valence-electron chi connectivity index (χ4n) is 1.81. The van der Waals surface area contributed by atoms with Crippen molar-refractivity contribution in [3.05, 3.63) is 47.3 Å². The number of imide groups is 1. The van der Waals surface area contributed by atoms with Gasteiger partial charge in [-0.05, 0) is 24.1 Å². The summed E-state index contributed by atoms with van der Waals surface area (Å²) in [6, 6.07) is 6.64. The summed E-state index contributed by atoms with van der Waals surface area (Å²) in [7, 11) is 0. The van der Waals surface area contributed by atoms with Crippen LogP contribution in [0.25, 0.3) is 0 Å². The first-order valence-corrected chi connectivity index (χ1v) is 5.42. The molecule has 1 heterocycles. The molecule has 2 rings (SSSR count). The third-order valence-corrected chi connectivity index (χ3v) is 2.85. The Morgan fingerprint density at radius 2 is 1.76 bits per heavy atom. The number of hydrogen-bond acceptors (Lipinski definition) is 2. The van der Waals surface area contributed by atoms with Crippen molar-refractivity contribution in [2.24, 2.45) is 0 Å². The maximum Gasteiger partial charge on any atom is 0.261 e. The lowest BCUT2D eigenvalue weighted by atomic mass is 10.1. The Morgan fingerprint density at radius 1 is 1.24 bits per heavy atom. The maximum absolute atomic E-state index is 12.5. The zero-order valence-electron chi connectivity index (χ0n) is 9.44. The van der Waals surface area contributed by atoms with Crippen molar-refractivity contribution >= 4 is 11.8 Å². The van der Waals surface area contributed by atoms with Crippen LogP contribution in [0.3, 0.4) is 0 Å². The quantitative estimate of drug-likeness (QED) is 0.752. The van der Waals surface area contributed by atoms with Crippen LogP contribution in [0.5, 0.6) is 0 Å². The van der Waals surface area contributed by atoms with Gasteiger partial charge in [0.1, 0.15) is 0 Å². The van der Waals surface area contributed by atoms with E-state index in [1.54, 1.807) is 31.2 Å². The first kappa shape index (κ1) is 11.5. The van der Waals surface area contributed by atoms with Crippen LogP contribution >= 0.6 is 0 Å². The van der Waals surface area contributed by atoms with E-state index >= 15 is 0 Å². The van der Waals surface area contributed by atoms with Crippen LogP contribution in [0.15, 0.2) is 36.2 Å². The standard InChI is InChI=1S/C13H12FNO2/c1-2-9(7-14)8-15-12(16)10-5-3-4-6-11(10)13(15)17/h3-7H,2,8H2,1H3/b9-7-. The molecule has 2 amide bonds. The van der Waals surface area contributed by atoms with Gasteiger partial charge in [-0.3, -0.25) is 14.5 Å². The number of carbonyl (C=O) groups excluding carboxylic acids is 2. The summed E-state index contributed by atoms with van der Waals surface area (Å²) in [4.78, 5) is 24.9. The van der Waals surface area contributed by atoms with Gasteiger partial charge in [0.15, 0.2) is 0 Å². The van der Waals surface area contributed by atoms with Gasteiger partial charge in [0, 0.05) is 0 Å². The summed E-state index contributed by atoms with van der Waals surface area (Å²) in [6.07, 6.45) is 0.938. The van der Waals surface area contributed by atoms with E-state index < -0.39 is 0 Å². The predicted molar refractivity (Wildman–Crippen MR) is 61.3 cm³/mol. The van der Waals surface area contributed by atoms with Gasteiger partial charge in [-0.1, -0.05) is 19.1 Å². The normalized spacial score (nSPS) is 15.4. The lowest BCUT2D eigenvalue weighted by molar-refractivity contribution is 0.0667. The second-order valence-corrected chi connectivity index (χ2v) is 3.86. The molecule has 0 atom stereocenters. The highest BCUT2D eigenvalue weighted by Crippen LogP contribution is 2.23. The lowest BCUT2D eigenvalue weighted by Gasteiger charge is -2.14. The highest BCUT2D eigenvalue weighted by molar-refractivity contribution is 6.21. The molecule has 0 aromatic heterocycles. The highest BCUT2D eigenvalue weighted by atomic mass is 19.1. The number of nitrogens with zero attached hydrogens (tertiary/aromatic N) is 1. The molecular weight excluding hydrogens is 221 g/mol. The van der Waals surface area contributed by atoms with E-state index in [0.29, 0.717) is 29.5 Å². The van der Waals surface area contributed by atoms with E-state index in [4.69, 9.17) is 0 Å². The van der Waals surface area contributed by atoms with E-state index in [-0.39, 0.29) is 18.4 Å². The minimum atomic E-state index is -0.349. The number of benzene rings is 1. The maximum atomic E-state index is 12.5. The number of carbonyl (C=O) groups is 2. The van der Waals surface area contributed by atoms with Crippen molar-refractivity contribution < 1.29 is 14.0 Å². The predicted octanol–water partition coefficient (Wildman–Crippen LogP) is 2.55. The summed E-state index contributed by atoms with van der Waals surface area (Å²) < 4.78 is 12.5. The highest BCUT2D eigenvalue weighted by Gasteiger charge is 2.35. The van der Waals surface area contributed by atoms with Crippen LogP contribution in [-0.2, 0) is 0 Å². The Labute approximate surface area is 98.5 Å². The van der Waals surface area contributed by atoms with E-state index in [1.807, 2.05) is 0 Å². The lowest BCUT2D eigenvalue weighted by Crippen LogP contribution is -2.31. The molecule has 0 saturated carbocycles. The topological polar surface area (TPSA) is 37.4 Å². The fraction of sp³-hybridized carbons (Fsp3) is 0.231. The molecule has 0 N–H and O–H groups in total. The number of rotatable bonds is 3. The zero-order valence-corrected chi connectivity index (χ0v) is 9.44. The van der Waals surface area contributed by atoms with Gasteiger partial charge in [0.05, 0.1) is 24.0 Å². The first-order valence-electron chi connectivity index (χ1n) is 5.42. The fourth-order valence-corrected chi connectivity index (χ4v) is 1.81. The molecule has 1 aliphatic heterocycles. The second kappa shape index (κ2) is 4.49. The van der Waals surface area contributed by atoms with Gasteiger partial charge in [-0.25, -0.2) is 4.39 Å². The zero-order chi connectivity index (χ0) is 12.4. The van der Waals surface area contributed by atoms with Gasteiger partial charge in [0.2, 0.25) is 0 Å². The van der Waals surface area contributed by atoms with Crippen LogP contribution in [0.4, 0.5) is 4.39 Å². The smallest absolute Gasteiger partial charge is 0.261 e. The van der Waals surface area contributed by atoms with Gasteiger partial charge in [-0.2, -0.15) is 0 Å². The molecule has 17 heavy (non-hydrogen) atoms. The second-order valence-electron chi connectivity index (χ2n) is 3.86. The molecule has 0 fully saturated rings. The van der Waals surface area contributed by atoms with E-state index in [0.717, 1.165) is 4.90 Å². The van der Waals surface area contributed by atoms with Crippen LogP contribution in [0.1, 0.15) is 34.1 Å². The molecule has 3 nitrogen and oxygen atoms in total. The van der Waals surface area contributed by atoms with Crippen LogP contribution in [0, 0.1) is 0 Å². The molecule has 0 bridgehead atoms. The number of halogens is 1. The van der Waals surface area contributed by atoms with Crippen LogP contribution in [-0.4, -0.2) is 23.3 Å². The Kier molecular flexibility index (Phi) is 3.04. The monoisotopic (exact) mass is 233 g/mol. The van der Waals surface area contributed by atoms with Crippen molar-refractivity contribution in [3.63, 3.8) is 0 Å². The first-order chi connectivity index (χ1) is 8.19. The Bertz CT molecular complexity index is 473. The molecule has 4 heteroatoms. The molecular formula is C13H12FNO2. The summed E-state index contributed by atoms with van der Waals surface area (Å²) >= 11 is 0. The van der Waals surface area contributed by atoms with E-state index in [2.05, 4.69) is 0 Å². The van der Waals surface area contributed by atoms with Gasteiger partial charge in [0.25, 0.3) is 11.8 Å². The summed E-state index contributed by atoms with van der Waals surface area (Å²) in [5.41, 5.74) is 1.22. The van der Waals surface area contributed by atoms with Crippen LogP contribution in [0.2, 0.25) is 0 Å². The number of fused-ring (bicyclic) bond motifs is 1. The van der Waals surface area contributed by atoms with Crippen molar-refractivity contribution in [1.29, 1.82) is 0 Å². The third-order valence-electron chi connectivity index (χ3n) is 2.85. The molecule has 1 aliphatic rings. The Morgan fingerprint density at radius 3 is 2.18 bits per heavy atom. The van der Waals surface area contributed by atoms with E-state index in [1.165, 1.54) is 0 Å². The van der Waals surface area contributed by atoms with Crippen molar-refractivity contribution in [1.82, 2.24) is 4.90 Å². The molecule has 1 aromatic rings. The molecule has 88 valence electrons. The minimum Gasteiger partial charge on any atom is -0.270 e. The van der Waals surface area contributed by atoms with Gasteiger partial charge in [-0.15, -0.1) is 0 Å². The molecule has 0 unspecified atom stereocenters. The van der Waals surface area contributed by atoms with Crippen molar-refractivity contribution in [2.45, 2.75) is 13.3 Å². The molecule has 1 aromatic carbocycles. The average molecular weight is 233 g/mol. The summed E-state index contributed by atoms with van der Waals surface area (Å²) in [6.45, 7) is 1.81. The van der Waals surface area contributed by atoms with Gasteiger partial charge < -0.3 is 0 Å². The Hall–Kier alpha value is -1.97. The number of hydrogen-bond donors (Lipinski definition) is 0. The van der Waals surface area contributed by atoms with Crippen molar-refractivity contribution in [2.75, 3.05) is 6.54 Å². The molecule has 0 aliphatic carbocycles. The van der Waals surface area contributed by atoms with Crippen LogP contribution < -0.4 is 0 Å². The third kappa shape index (κ3) is 1.86. The van der Waals surface area contributed by atoms with E-state index in [9.17, 15) is 14.0 Å². The SMILES string of the molecule is CC/C(=C/F)CN1C(=O)c2ccccc2C1=O. The molecule has 0 radical (unpaired) electrons. The largest absolute Gasteiger partial charge is 0.270 e.